The van der Waals surface area contributed by atoms with E-state index in [1.807, 2.05) is 0 Å². The van der Waals surface area contributed by atoms with E-state index in [2.05, 4.69) is 20.9 Å². The largest absolute Gasteiger partial charge is 0.326 e. The van der Waals surface area contributed by atoms with Gasteiger partial charge in [0.05, 0.1) is 0 Å². The van der Waals surface area contributed by atoms with E-state index in [-0.39, 0.29) is 5.69 Å². The lowest BCUT2D eigenvalue weighted by Gasteiger charge is -2.07. The van der Waals surface area contributed by atoms with E-state index in [0.29, 0.717) is 16.7 Å². The van der Waals surface area contributed by atoms with Crippen LogP contribution in [0.4, 0.5) is 8.78 Å². The zero-order valence-corrected chi connectivity index (χ0v) is 8.61. The lowest BCUT2D eigenvalue weighted by atomic mass is 10.2. The number of nitrogens with two attached hydrogens (primary N) is 1. The molecule has 72 valence electrons. The van der Waals surface area contributed by atoms with Gasteiger partial charge < -0.3 is 5.73 Å². The third-order valence-corrected chi connectivity index (χ3v) is 2.36. The van der Waals surface area contributed by atoms with Gasteiger partial charge in [-0.05, 0) is 34.5 Å². The van der Waals surface area contributed by atoms with Gasteiger partial charge in [-0.15, -0.1) is 0 Å². The van der Waals surface area contributed by atoms with Crippen LogP contribution >= 0.6 is 15.9 Å². The highest BCUT2D eigenvalue weighted by Crippen LogP contribution is 2.27. The first-order valence-electron chi connectivity index (χ1n) is 3.70. The molecule has 1 aromatic heterocycles. The van der Waals surface area contributed by atoms with Crippen molar-refractivity contribution < 1.29 is 8.78 Å². The Morgan fingerprint density at radius 3 is 2.69 bits per heavy atom. The number of halogens is 3. The average Bonchev–Trinajstić information content (AvgIpc) is 2.07. The van der Waals surface area contributed by atoms with Crippen LogP contribution in [-0.4, -0.2) is 4.98 Å². The van der Waals surface area contributed by atoms with E-state index in [1.165, 1.54) is 0 Å². The van der Waals surface area contributed by atoms with Crippen molar-refractivity contribution in [1.29, 1.82) is 0 Å². The van der Waals surface area contributed by atoms with Crippen molar-refractivity contribution in [3.8, 4) is 0 Å². The lowest BCUT2D eigenvalue weighted by Crippen LogP contribution is -2.04. The fraction of sp³-hybridized carbons (Fsp3) is 0.375. The van der Waals surface area contributed by atoms with Crippen molar-refractivity contribution in [2.45, 2.75) is 19.9 Å². The van der Waals surface area contributed by atoms with Crippen molar-refractivity contribution in [3.63, 3.8) is 0 Å². The molecule has 0 aliphatic heterocycles. The first kappa shape index (κ1) is 10.5. The second kappa shape index (κ2) is 4.11. The number of pyridine rings is 1. The van der Waals surface area contributed by atoms with Crippen LogP contribution in [0.25, 0.3) is 0 Å². The molecule has 0 aromatic carbocycles. The van der Waals surface area contributed by atoms with E-state index in [0.717, 1.165) is 5.56 Å². The second-order valence-corrected chi connectivity index (χ2v) is 3.46. The maximum Gasteiger partial charge on any atom is 0.281 e. The molecular weight excluding hydrogens is 242 g/mol. The van der Waals surface area contributed by atoms with Gasteiger partial charge in [-0.2, -0.15) is 0 Å². The van der Waals surface area contributed by atoms with Gasteiger partial charge in [0.25, 0.3) is 6.43 Å². The molecular formula is C8H9BrF2N2. The van der Waals surface area contributed by atoms with Crippen molar-refractivity contribution in [2.24, 2.45) is 5.73 Å². The number of aromatic nitrogens is 1. The Labute approximate surface area is 83.3 Å². The van der Waals surface area contributed by atoms with E-state index in [1.54, 1.807) is 13.0 Å². The van der Waals surface area contributed by atoms with Crippen LogP contribution in [0.1, 0.15) is 23.4 Å². The summed E-state index contributed by atoms with van der Waals surface area (Å²) < 4.78 is 25.0. The summed E-state index contributed by atoms with van der Waals surface area (Å²) in [6, 6.07) is 1.59. The minimum absolute atomic E-state index is 0.227. The summed E-state index contributed by atoms with van der Waals surface area (Å²) in [6.07, 6.45) is -2.56. The number of rotatable bonds is 2. The fourth-order valence-electron chi connectivity index (χ4n) is 0.997. The van der Waals surface area contributed by atoms with Gasteiger partial charge in [-0.25, -0.2) is 8.78 Å². The van der Waals surface area contributed by atoms with Crippen LogP contribution in [0.2, 0.25) is 0 Å². The molecule has 0 unspecified atom stereocenters. The third-order valence-electron chi connectivity index (χ3n) is 1.73. The van der Waals surface area contributed by atoms with Gasteiger partial charge >= 0.3 is 0 Å². The standard InChI is InChI=1S/C8H9BrF2N2/c1-4-5(3-12)2-6(9)7(13-4)8(10)11/h2,8H,3,12H2,1H3. The fourth-order valence-corrected chi connectivity index (χ4v) is 1.53. The van der Waals surface area contributed by atoms with Gasteiger partial charge in [0.1, 0.15) is 5.69 Å². The van der Waals surface area contributed by atoms with Gasteiger partial charge in [-0.3, -0.25) is 4.98 Å². The predicted octanol–water partition coefficient (Wildman–Crippen LogP) is 2.55. The highest BCUT2D eigenvalue weighted by molar-refractivity contribution is 9.10. The number of alkyl halides is 2. The predicted molar refractivity (Wildman–Crippen MR) is 49.5 cm³/mol. The molecule has 1 aromatic rings. The third kappa shape index (κ3) is 2.22. The minimum atomic E-state index is -2.56. The Kier molecular flexibility index (Phi) is 3.33. The van der Waals surface area contributed by atoms with Crippen LogP contribution in [-0.2, 0) is 6.54 Å². The molecule has 0 fully saturated rings. The molecule has 2 nitrogen and oxygen atoms in total. The van der Waals surface area contributed by atoms with E-state index in [9.17, 15) is 8.78 Å². The van der Waals surface area contributed by atoms with Crippen molar-refractivity contribution in [3.05, 3.63) is 27.5 Å². The quantitative estimate of drug-likeness (QED) is 0.877. The molecule has 0 spiro atoms. The average molecular weight is 251 g/mol. The smallest absolute Gasteiger partial charge is 0.281 e. The molecule has 13 heavy (non-hydrogen) atoms. The summed E-state index contributed by atoms with van der Waals surface area (Å²) in [7, 11) is 0. The molecule has 0 bridgehead atoms. The maximum atomic E-state index is 12.3. The van der Waals surface area contributed by atoms with Crippen LogP contribution in [0.5, 0.6) is 0 Å². The molecule has 0 saturated carbocycles. The topological polar surface area (TPSA) is 38.9 Å². The summed E-state index contributed by atoms with van der Waals surface area (Å²) >= 11 is 3.02. The number of hydrogen-bond donors (Lipinski definition) is 1. The molecule has 5 heteroatoms. The molecule has 0 radical (unpaired) electrons. The molecule has 2 N–H and O–H groups in total. The zero-order chi connectivity index (χ0) is 10.0. The summed E-state index contributed by atoms with van der Waals surface area (Å²) in [6.45, 7) is 1.97. The normalized spacial score (nSPS) is 10.9. The van der Waals surface area contributed by atoms with Crippen LogP contribution in [0, 0.1) is 6.92 Å². The van der Waals surface area contributed by atoms with Crippen LogP contribution in [0.15, 0.2) is 10.5 Å². The van der Waals surface area contributed by atoms with E-state index >= 15 is 0 Å². The second-order valence-electron chi connectivity index (χ2n) is 2.60. The minimum Gasteiger partial charge on any atom is -0.326 e. The summed E-state index contributed by atoms with van der Waals surface area (Å²) in [5.41, 5.74) is 6.50. The summed E-state index contributed by atoms with van der Waals surface area (Å²) in [5, 5.41) is 0. The van der Waals surface area contributed by atoms with Crippen molar-refractivity contribution >= 4 is 15.9 Å². The maximum absolute atomic E-state index is 12.3. The zero-order valence-electron chi connectivity index (χ0n) is 7.02. The van der Waals surface area contributed by atoms with Gasteiger partial charge in [0, 0.05) is 16.7 Å². The highest BCUT2D eigenvalue weighted by atomic mass is 79.9. The lowest BCUT2D eigenvalue weighted by molar-refractivity contribution is 0.145. The van der Waals surface area contributed by atoms with Gasteiger partial charge in [-0.1, -0.05) is 0 Å². The summed E-state index contributed by atoms with van der Waals surface area (Å²) in [5.74, 6) is 0. The van der Waals surface area contributed by atoms with E-state index in [4.69, 9.17) is 5.73 Å². The Balaban J connectivity index is 3.20. The molecule has 1 rings (SSSR count). The highest BCUT2D eigenvalue weighted by Gasteiger charge is 2.15. The number of hydrogen-bond acceptors (Lipinski definition) is 2. The summed E-state index contributed by atoms with van der Waals surface area (Å²) in [4.78, 5) is 3.77. The Morgan fingerprint density at radius 2 is 2.23 bits per heavy atom. The Bertz CT molecular complexity index is 315. The molecule has 0 saturated heterocycles. The number of nitrogens with zero attached hydrogens (tertiary/aromatic N) is 1. The molecule has 1 heterocycles. The Hall–Kier alpha value is -0.550. The monoisotopic (exact) mass is 250 g/mol. The van der Waals surface area contributed by atoms with Crippen molar-refractivity contribution in [1.82, 2.24) is 4.98 Å². The number of aryl methyl sites for hydroxylation is 1. The molecule has 0 atom stereocenters. The van der Waals surface area contributed by atoms with Gasteiger partial charge in [0.2, 0.25) is 0 Å². The Morgan fingerprint density at radius 1 is 1.62 bits per heavy atom. The van der Waals surface area contributed by atoms with E-state index < -0.39 is 6.43 Å². The SMILES string of the molecule is Cc1nc(C(F)F)c(Br)cc1CN. The first-order valence-corrected chi connectivity index (χ1v) is 4.49. The van der Waals surface area contributed by atoms with Crippen LogP contribution in [0.3, 0.4) is 0 Å². The van der Waals surface area contributed by atoms with Gasteiger partial charge in [0.15, 0.2) is 0 Å². The first-order chi connectivity index (χ1) is 6.06. The molecule has 0 aliphatic rings. The molecule has 0 amide bonds. The molecule has 0 aliphatic carbocycles. The van der Waals surface area contributed by atoms with Crippen molar-refractivity contribution in [2.75, 3.05) is 0 Å². The van der Waals surface area contributed by atoms with Crippen LogP contribution < -0.4 is 5.73 Å².